The van der Waals surface area contributed by atoms with Crippen LogP contribution >= 0.6 is 0 Å². The lowest BCUT2D eigenvalue weighted by Gasteiger charge is -2.01. The zero-order valence-corrected chi connectivity index (χ0v) is 10.2. The van der Waals surface area contributed by atoms with Crippen LogP contribution in [-0.2, 0) is 0 Å². The van der Waals surface area contributed by atoms with E-state index >= 15 is 0 Å². The summed E-state index contributed by atoms with van der Waals surface area (Å²) in [5, 5.41) is 1.68. The summed E-state index contributed by atoms with van der Waals surface area (Å²) < 4.78 is 1.58. The quantitative estimate of drug-likeness (QED) is 0.698. The summed E-state index contributed by atoms with van der Waals surface area (Å²) in [4.78, 5) is 16.3. The van der Waals surface area contributed by atoms with E-state index in [2.05, 4.69) is 4.98 Å². The van der Waals surface area contributed by atoms with Crippen molar-refractivity contribution in [1.29, 1.82) is 0 Å². The third kappa shape index (κ3) is 2.31. The van der Waals surface area contributed by atoms with Crippen molar-refractivity contribution in [2.45, 2.75) is 0 Å². The van der Waals surface area contributed by atoms with E-state index in [4.69, 9.17) is 0 Å². The van der Waals surface area contributed by atoms with Gasteiger partial charge in [0.15, 0.2) is 0 Å². The molecule has 3 rings (SSSR count). The zero-order chi connectivity index (χ0) is 13.1. The van der Waals surface area contributed by atoms with Crippen molar-refractivity contribution in [3.8, 4) is 0 Å². The van der Waals surface area contributed by atoms with E-state index in [1.165, 1.54) is 0 Å². The highest BCUT2D eigenvalue weighted by Crippen LogP contribution is 2.08. The molecule has 3 heteroatoms. The summed E-state index contributed by atoms with van der Waals surface area (Å²) >= 11 is 0. The molecule has 3 nitrogen and oxygen atoms in total. The number of aromatic nitrogens is 2. The van der Waals surface area contributed by atoms with Gasteiger partial charge in [0.1, 0.15) is 0 Å². The van der Waals surface area contributed by atoms with Crippen LogP contribution in [-0.4, -0.2) is 9.55 Å². The van der Waals surface area contributed by atoms with Crippen molar-refractivity contribution in [1.82, 2.24) is 9.55 Å². The highest BCUT2D eigenvalue weighted by atomic mass is 16.1. The van der Waals surface area contributed by atoms with Gasteiger partial charge in [0.2, 0.25) is 0 Å². The van der Waals surface area contributed by atoms with Crippen LogP contribution in [0.2, 0.25) is 0 Å². The Morgan fingerprint density at radius 2 is 1.95 bits per heavy atom. The lowest BCUT2D eigenvalue weighted by molar-refractivity contribution is 1.09. The average Bonchev–Trinajstić information content (AvgIpc) is 2.48. The Bertz CT molecular complexity index is 788. The van der Waals surface area contributed by atoms with Crippen LogP contribution < -0.4 is 5.56 Å². The molecular formula is C16H12N2O. The average molecular weight is 248 g/mol. The topological polar surface area (TPSA) is 34.9 Å². The van der Waals surface area contributed by atoms with Crippen molar-refractivity contribution in [3.63, 3.8) is 0 Å². The molecule has 19 heavy (non-hydrogen) atoms. The lowest BCUT2D eigenvalue weighted by atomic mass is 10.2. The summed E-state index contributed by atoms with van der Waals surface area (Å²) in [6.07, 6.45) is 8.87. The van der Waals surface area contributed by atoms with E-state index in [0.29, 0.717) is 0 Å². The fraction of sp³-hybridized carbons (Fsp3) is 0. The SMILES string of the molecule is O=c1c2ccccc2ccn1C=Cc1cccnc1. The Hall–Kier alpha value is -2.68. The van der Waals surface area contributed by atoms with Crippen LogP contribution in [0.25, 0.3) is 23.0 Å². The molecule has 0 unspecified atom stereocenters. The third-order valence-corrected chi connectivity index (χ3v) is 2.95. The van der Waals surface area contributed by atoms with E-state index in [0.717, 1.165) is 16.3 Å². The van der Waals surface area contributed by atoms with Gasteiger partial charge in [0.05, 0.1) is 0 Å². The summed E-state index contributed by atoms with van der Waals surface area (Å²) in [6, 6.07) is 13.3. The predicted octanol–water partition coefficient (Wildman–Crippen LogP) is 3.02. The molecule has 92 valence electrons. The van der Waals surface area contributed by atoms with Gasteiger partial charge in [-0.2, -0.15) is 0 Å². The molecule has 0 radical (unpaired) electrons. The summed E-state index contributed by atoms with van der Waals surface area (Å²) in [5.41, 5.74) is 0.945. The number of nitrogens with zero attached hydrogens (tertiary/aromatic N) is 2. The minimum atomic E-state index is -0.0155. The summed E-state index contributed by atoms with van der Waals surface area (Å²) in [7, 11) is 0. The number of fused-ring (bicyclic) bond motifs is 1. The first-order valence-electron chi connectivity index (χ1n) is 6.03. The fourth-order valence-corrected chi connectivity index (χ4v) is 1.96. The normalized spacial score (nSPS) is 11.2. The van der Waals surface area contributed by atoms with Crippen LogP contribution in [0.1, 0.15) is 5.56 Å². The van der Waals surface area contributed by atoms with Crippen LogP contribution in [0.3, 0.4) is 0 Å². The van der Waals surface area contributed by atoms with Crippen molar-refractivity contribution in [2.24, 2.45) is 0 Å². The van der Waals surface area contributed by atoms with Gasteiger partial charge in [0, 0.05) is 30.2 Å². The molecule has 1 aromatic carbocycles. The van der Waals surface area contributed by atoms with Crippen molar-refractivity contribution >= 4 is 23.0 Å². The first-order valence-corrected chi connectivity index (χ1v) is 6.03. The molecule has 3 aromatic rings. The van der Waals surface area contributed by atoms with Crippen molar-refractivity contribution in [2.75, 3.05) is 0 Å². The van der Waals surface area contributed by atoms with Crippen LogP contribution in [0.5, 0.6) is 0 Å². The Kier molecular flexibility index (Phi) is 2.94. The van der Waals surface area contributed by atoms with Crippen molar-refractivity contribution < 1.29 is 0 Å². The molecule has 0 aliphatic heterocycles. The third-order valence-electron chi connectivity index (χ3n) is 2.95. The van der Waals surface area contributed by atoms with E-state index < -0.39 is 0 Å². The molecule has 0 aliphatic rings. The van der Waals surface area contributed by atoms with Crippen LogP contribution in [0.15, 0.2) is 65.8 Å². The van der Waals surface area contributed by atoms with E-state index in [1.807, 2.05) is 48.5 Å². The molecule has 2 heterocycles. The molecule has 2 aromatic heterocycles. The second kappa shape index (κ2) is 4.90. The van der Waals surface area contributed by atoms with Gasteiger partial charge in [-0.3, -0.25) is 14.3 Å². The minimum absolute atomic E-state index is 0.0155. The first kappa shape index (κ1) is 11.4. The van der Waals surface area contributed by atoms with Gasteiger partial charge in [-0.1, -0.05) is 24.3 Å². The number of pyridine rings is 2. The number of hydrogen-bond acceptors (Lipinski definition) is 2. The van der Waals surface area contributed by atoms with Gasteiger partial charge in [-0.25, -0.2) is 0 Å². The fourth-order valence-electron chi connectivity index (χ4n) is 1.96. The molecule has 0 spiro atoms. The van der Waals surface area contributed by atoms with Crippen LogP contribution in [0, 0.1) is 0 Å². The molecular weight excluding hydrogens is 236 g/mol. The van der Waals surface area contributed by atoms with Gasteiger partial charge in [-0.05, 0) is 35.2 Å². The Balaban J connectivity index is 2.05. The smallest absolute Gasteiger partial charge is 0.262 e. The zero-order valence-electron chi connectivity index (χ0n) is 10.2. The largest absolute Gasteiger partial charge is 0.291 e. The molecule has 0 bridgehead atoms. The Morgan fingerprint density at radius 1 is 1.05 bits per heavy atom. The maximum atomic E-state index is 12.2. The second-order valence-corrected chi connectivity index (χ2v) is 4.22. The standard InChI is InChI=1S/C16H12N2O/c19-16-15-6-2-1-5-14(15)8-11-18(16)10-7-13-4-3-9-17-12-13/h1-12H. The van der Waals surface area contributed by atoms with Gasteiger partial charge in [-0.15, -0.1) is 0 Å². The molecule has 0 aliphatic carbocycles. The number of benzene rings is 1. The lowest BCUT2D eigenvalue weighted by Crippen LogP contribution is -2.14. The number of rotatable bonds is 2. The monoisotopic (exact) mass is 248 g/mol. The van der Waals surface area contributed by atoms with E-state index in [1.54, 1.807) is 29.4 Å². The van der Waals surface area contributed by atoms with E-state index in [-0.39, 0.29) is 5.56 Å². The second-order valence-electron chi connectivity index (χ2n) is 4.22. The Morgan fingerprint density at radius 3 is 2.79 bits per heavy atom. The summed E-state index contributed by atoms with van der Waals surface area (Å²) in [5.74, 6) is 0. The molecule has 0 fully saturated rings. The van der Waals surface area contributed by atoms with Gasteiger partial charge in [0.25, 0.3) is 5.56 Å². The predicted molar refractivity (Wildman–Crippen MR) is 77.7 cm³/mol. The Labute approximate surface area is 110 Å². The van der Waals surface area contributed by atoms with Gasteiger partial charge >= 0.3 is 0 Å². The maximum absolute atomic E-state index is 12.2. The summed E-state index contributed by atoms with van der Waals surface area (Å²) in [6.45, 7) is 0. The van der Waals surface area contributed by atoms with Gasteiger partial charge < -0.3 is 0 Å². The molecule has 0 atom stereocenters. The first-order chi connectivity index (χ1) is 9.34. The molecule has 0 saturated carbocycles. The maximum Gasteiger partial charge on any atom is 0.262 e. The number of hydrogen-bond donors (Lipinski definition) is 0. The molecule has 0 N–H and O–H groups in total. The highest BCUT2D eigenvalue weighted by Gasteiger charge is 1.99. The highest BCUT2D eigenvalue weighted by molar-refractivity contribution is 5.81. The molecule has 0 saturated heterocycles. The minimum Gasteiger partial charge on any atom is -0.291 e. The molecule has 0 amide bonds. The van der Waals surface area contributed by atoms with E-state index in [9.17, 15) is 4.79 Å². The van der Waals surface area contributed by atoms with Crippen LogP contribution in [0.4, 0.5) is 0 Å². The van der Waals surface area contributed by atoms with Crippen molar-refractivity contribution in [3.05, 3.63) is 77.0 Å².